The van der Waals surface area contributed by atoms with Crippen molar-refractivity contribution in [1.29, 1.82) is 0 Å². The summed E-state index contributed by atoms with van der Waals surface area (Å²) < 4.78 is 5.46. The Bertz CT molecular complexity index is 970. The quantitative estimate of drug-likeness (QED) is 0.0321. The van der Waals surface area contributed by atoms with Crippen molar-refractivity contribution in [2.75, 3.05) is 13.2 Å². The highest BCUT2D eigenvalue weighted by Crippen LogP contribution is 2.18. The van der Waals surface area contributed by atoms with E-state index in [2.05, 4.69) is 31.3 Å². The minimum Gasteiger partial charge on any atom is -0.466 e. The van der Waals surface area contributed by atoms with Gasteiger partial charge in [0.1, 0.15) is 0 Å². The third kappa shape index (κ3) is 51.8. The van der Waals surface area contributed by atoms with Crippen molar-refractivity contribution in [3.63, 3.8) is 0 Å². The highest BCUT2D eigenvalue weighted by atomic mass is 16.5. The molecular formula is C59H115NO5. The molecule has 0 aliphatic carbocycles. The van der Waals surface area contributed by atoms with E-state index in [9.17, 15) is 19.8 Å². The van der Waals surface area contributed by atoms with Gasteiger partial charge in [0.05, 0.1) is 25.4 Å². The van der Waals surface area contributed by atoms with Gasteiger partial charge in [-0.2, -0.15) is 0 Å². The highest BCUT2D eigenvalue weighted by Gasteiger charge is 2.20. The molecule has 2 unspecified atom stereocenters. The second-order valence-corrected chi connectivity index (χ2v) is 20.3. The number of nitrogens with one attached hydrogen (secondary N) is 1. The molecule has 0 spiro atoms. The summed E-state index contributed by atoms with van der Waals surface area (Å²) in [5.41, 5.74) is 0. The van der Waals surface area contributed by atoms with Gasteiger partial charge in [0, 0.05) is 12.8 Å². The lowest BCUT2D eigenvalue weighted by molar-refractivity contribution is -0.143. The van der Waals surface area contributed by atoms with Gasteiger partial charge in [-0.3, -0.25) is 9.59 Å². The van der Waals surface area contributed by atoms with Crippen molar-refractivity contribution in [2.45, 2.75) is 341 Å². The SMILES string of the molecule is CCCCC/C=C\CCCCCCCC(=O)OCCCCCCCCCCCCCCCCCCC(=O)NC(CO)C(O)CCCCCCCCCCCCCCCCCCCCCC. The van der Waals surface area contributed by atoms with Gasteiger partial charge in [-0.25, -0.2) is 0 Å². The second-order valence-electron chi connectivity index (χ2n) is 20.3. The third-order valence-electron chi connectivity index (χ3n) is 13.8. The van der Waals surface area contributed by atoms with Gasteiger partial charge in [0.25, 0.3) is 0 Å². The molecular weight excluding hydrogens is 803 g/mol. The molecule has 0 radical (unpaired) electrons. The molecule has 0 saturated heterocycles. The summed E-state index contributed by atoms with van der Waals surface area (Å²) >= 11 is 0. The fourth-order valence-electron chi connectivity index (χ4n) is 9.28. The highest BCUT2D eigenvalue weighted by molar-refractivity contribution is 5.76. The van der Waals surface area contributed by atoms with Gasteiger partial charge >= 0.3 is 5.97 Å². The van der Waals surface area contributed by atoms with Crippen molar-refractivity contribution in [3.05, 3.63) is 12.2 Å². The van der Waals surface area contributed by atoms with Crippen LogP contribution in [0, 0.1) is 0 Å². The molecule has 0 heterocycles. The number of amides is 1. The first-order chi connectivity index (χ1) is 32.0. The molecule has 0 fully saturated rings. The summed E-state index contributed by atoms with van der Waals surface area (Å²) in [6.07, 6.45) is 64.9. The molecule has 6 heteroatoms. The van der Waals surface area contributed by atoms with Crippen molar-refractivity contribution >= 4 is 11.9 Å². The summed E-state index contributed by atoms with van der Waals surface area (Å²) in [4.78, 5) is 24.5. The second kappa shape index (κ2) is 55.2. The van der Waals surface area contributed by atoms with Crippen LogP contribution >= 0.6 is 0 Å². The van der Waals surface area contributed by atoms with E-state index in [1.807, 2.05) is 0 Å². The molecule has 3 N–H and O–H groups in total. The number of allylic oxidation sites excluding steroid dienone is 2. The first-order valence-electron chi connectivity index (χ1n) is 29.4. The average molecular weight is 919 g/mol. The lowest BCUT2D eigenvalue weighted by Crippen LogP contribution is -2.45. The number of aliphatic hydroxyl groups excluding tert-OH is 2. The van der Waals surface area contributed by atoms with Crippen molar-refractivity contribution < 1.29 is 24.5 Å². The molecule has 0 rings (SSSR count). The molecule has 65 heavy (non-hydrogen) atoms. The number of rotatable bonds is 55. The summed E-state index contributed by atoms with van der Waals surface area (Å²) in [7, 11) is 0. The van der Waals surface area contributed by atoms with Gasteiger partial charge in [-0.15, -0.1) is 0 Å². The number of aliphatic hydroxyl groups is 2. The van der Waals surface area contributed by atoms with E-state index in [1.165, 1.54) is 250 Å². The monoisotopic (exact) mass is 918 g/mol. The minimum atomic E-state index is -0.669. The normalized spacial score (nSPS) is 12.6. The van der Waals surface area contributed by atoms with E-state index < -0.39 is 12.1 Å². The van der Waals surface area contributed by atoms with Gasteiger partial charge in [-0.1, -0.05) is 276 Å². The van der Waals surface area contributed by atoms with E-state index in [-0.39, 0.29) is 18.5 Å². The van der Waals surface area contributed by atoms with Crippen molar-refractivity contribution in [1.82, 2.24) is 5.32 Å². The Morgan fingerprint density at radius 1 is 0.415 bits per heavy atom. The standard InChI is InChI=1S/C59H115NO5/c1-3-5-7-9-11-13-15-17-18-19-20-21-22-25-28-31-35-39-43-47-51-57(62)56(55-61)60-58(63)52-48-44-40-36-32-29-26-23-24-27-30-34-38-42-46-50-54-65-59(64)53-49-45-41-37-33-16-14-12-10-8-6-4-2/h12,14,56-57,61-62H,3-11,13,15-55H2,1-2H3,(H,60,63)/b14-12-. The molecule has 0 aromatic heterocycles. The van der Waals surface area contributed by atoms with E-state index in [0.717, 1.165) is 44.9 Å². The largest absolute Gasteiger partial charge is 0.466 e. The molecule has 0 saturated carbocycles. The molecule has 386 valence electrons. The lowest BCUT2D eigenvalue weighted by atomic mass is 10.0. The average Bonchev–Trinajstić information content (AvgIpc) is 3.31. The third-order valence-corrected chi connectivity index (χ3v) is 13.8. The Labute approximate surface area is 406 Å². The Balaban J connectivity index is 3.43. The zero-order valence-corrected chi connectivity index (χ0v) is 44.0. The fourth-order valence-corrected chi connectivity index (χ4v) is 9.28. The summed E-state index contributed by atoms with van der Waals surface area (Å²) in [6.45, 7) is 4.94. The van der Waals surface area contributed by atoms with Crippen LogP contribution < -0.4 is 5.32 Å². The summed E-state index contributed by atoms with van der Waals surface area (Å²) in [5, 5.41) is 23.3. The Hall–Kier alpha value is -1.40. The maximum atomic E-state index is 12.5. The molecule has 2 atom stereocenters. The number of carbonyl (C=O) groups is 2. The van der Waals surface area contributed by atoms with Crippen LogP contribution in [0.4, 0.5) is 0 Å². The molecule has 0 aliphatic heterocycles. The smallest absolute Gasteiger partial charge is 0.305 e. The Morgan fingerprint density at radius 2 is 0.723 bits per heavy atom. The summed E-state index contributed by atoms with van der Waals surface area (Å²) in [5.74, 6) is -0.0448. The first-order valence-corrected chi connectivity index (χ1v) is 29.4. The topological polar surface area (TPSA) is 95.9 Å². The van der Waals surface area contributed by atoms with Gasteiger partial charge in [0.2, 0.25) is 5.91 Å². The van der Waals surface area contributed by atoms with Crippen LogP contribution in [0.2, 0.25) is 0 Å². The van der Waals surface area contributed by atoms with Gasteiger partial charge < -0.3 is 20.3 Å². The fraction of sp³-hybridized carbons (Fsp3) is 0.932. The van der Waals surface area contributed by atoms with Crippen LogP contribution in [0.15, 0.2) is 12.2 Å². The van der Waals surface area contributed by atoms with Crippen LogP contribution in [0.1, 0.15) is 328 Å². The maximum absolute atomic E-state index is 12.5. The lowest BCUT2D eigenvalue weighted by Gasteiger charge is -2.22. The van der Waals surface area contributed by atoms with E-state index in [0.29, 0.717) is 25.9 Å². The summed E-state index contributed by atoms with van der Waals surface area (Å²) in [6, 6.07) is -0.547. The maximum Gasteiger partial charge on any atom is 0.305 e. The van der Waals surface area contributed by atoms with Crippen LogP contribution in [0.25, 0.3) is 0 Å². The number of hydrogen-bond acceptors (Lipinski definition) is 5. The van der Waals surface area contributed by atoms with Crippen LogP contribution in [-0.4, -0.2) is 47.4 Å². The number of esters is 1. The van der Waals surface area contributed by atoms with Crippen LogP contribution in [0.3, 0.4) is 0 Å². The Kier molecular flexibility index (Phi) is 54.0. The van der Waals surface area contributed by atoms with Crippen LogP contribution in [-0.2, 0) is 14.3 Å². The van der Waals surface area contributed by atoms with E-state index >= 15 is 0 Å². The molecule has 0 aliphatic rings. The first kappa shape index (κ1) is 63.6. The zero-order valence-electron chi connectivity index (χ0n) is 44.0. The Morgan fingerprint density at radius 3 is 1.12 bits per heavy atom. The van der Waals surface area contributed by atoms with E-state index in [4.69, 9.17) is 4.74 Å². The zero-order chi connectivity index (χ0) is 47.2. The minimum absolute atomic E-state index is 0.00609. The van der Waals surface area contributed by atoms with Crippen LogP contribution in [0.5, 0.6) is 0 Å². The predicted octanol–water partition coefficient (Wildman–Crippen LogP) is 18.1. The molecule has 0 aromatic rings. The van der Waals surface area contributed by atoms with Crippen molar-refractivity contribution in [2.24, 2.45) is 0 Å². The number of unbranched alkanes of at least 4 members (excludes halogenated alkanes) is 42. The predicted molar refractivity (Wildman–Crippen MR) is 283 cm³/mol. The van der Waals surface area contributed by atoms with Gasteiger partial charge in [0.15, 0.2) is 0 Å². The molecule has 0 aromatic carbocycles. The molecule has 1 amide bonds. The molecule has 0 bridgehead atoms. The van der Waals surface area contributed by atoms with Crippen molar-refractivity contribution in [3.8, 4) is 0 Å². The molecule has 6 nitrogen and oxygen atoms in total. The van der Waals surface area contributed by atoms with Gasteiger partial charge in [-0.05, 0) is 51.4 Å². The number of ether oxygens (including phenoxy) is 1. The number of carbonyl (C=O) groups excluding carboxylic acids is 2. The number of hydrogen-bond donors (Lipinski definition) is 3. The van der Waals surface area contributed by atoms with E-state index in [1.54, 1.807) is 0 Å².